The molecule has 138 valence electrons. The van der Waals surface area contributed by atoms with Crippen molar-refractivity contribution in [2.24, 2.45) is 0 Å². The van der Waals surface area contributed by atoms with Gasteiger partial charge in [-0.05, 0) is 16.8 Å². The quantitative estimate of drug-likeness (QED) is 0.748. The zero-order chi connectivity index (χ0) is 18.6. The van der Waals surface area contributed by atoms with E-state index in [1.807, 2.05) is 59.5 Å². The fourth-order valence-corrected chi connectivity index (χ4v) is 3.51. The highest BCUT2D eigenvalue weighted by Gasteiger charge is 2.29. The molecule has 2 heterocycles. The van der Waals surface area contributed by atoms with E-state index in [9.17, 15) is 4.79 Å². The Morgan fingerprint density at radius 3 is 2.74 bits per heavy atom. The van der Waals surface area contributed by atoms with Gasteiger partial charge in [0, 0.05) is 30.2 Å². The van der Waals surface area contributed by atoms with Gasteiger partial charge in [-0.2, -0.15) is 4.80 Å². The van der Waals surface area contributed by atoms with Gasteiger partial charge in [0.15, 0.2) is 0 Å². The first-order valence-corrected chi connectivity index (χ1v) is 9.18. The summed E-state index contributed by atoms with van der Waals surface area (Å²) in [6, 6.07) is 17.1. The third-order valence-corrected chi connectivity index (χ3v) is 4.93. The first kappa shape index (κ1) is 17.6. The van der Waals surface area contributed by atoms with E-state index in [4.69, 9.17) is 11.6 Å². The predicted octanol–water partition coefficient (Wildman–Crippen LogP) is 2.17. The molecule has 1 aromatic heterocycles. The van der Waals surface area contributed by atoms with Crippen LogP contribution >= 0.6 is 11.6 Å². The molecule has 1 unspecified atom stereocenters. The number of carbonyl (C=O) groups is 1. The van der Waals surface area contributed by atoms with Crippen LogP contribution in [-0.4, -0.2) is 50.6 Å². The van der Waals surface area contributed by atoms with Gasteiger partial charge >= 0.3 is 0 Å². The van der Waals surface area contributed by atoms with Gasteiger partial charge < -0.3 is 10.2 Å². The highest BCUT2D eigenvalue weighted by Crippen LogP contribution is 2.28. The molecule has 3 aromatic rings. The maximum Gasteiger partial charge on any atom is 0.246 e. The molecule has 0 bridgehead atoms. The van der Waals surface area contributed by atoms with Crippen LogP contribution in [0.5, 0.6) is 0 Å². The number of aromatic nitrogens is 4. The number of hydrogen-bond acceptors (Lipinski definition) is 5. The number of hydrogen-bond donors (Lipinski definition) is 1. The summed E-state index contributed by atoms with van der Waals surface area (Å²) in [6.45, 7) is 2.05. The van der Waals surface area contributed by atoms with Crippen LogP contribution in [0.2, 0.25) is 5.02 Å². The maximum absolute atomic E-state index is 12.9. The fraction of sp³-hybridized carbons (Fsp3) is 0.263. The third kappa shape index (κ3) is 3.84. The summed E-state index contributed by atoms with van der Waals surface area (Å²) in [5, 5.41) is 16.4. The van der Waals surface area contributed by atoms with E-state index in [2.05, 4.69) is 20.7 Å². The molecule has 1 amide bonds. The number of benzene rings is 2. The molecule has 0 aliphatic carbocycles. The second-order valence-electron chi connectivity index (χ2n) is 6.34. The lowest BCUT2D eigenvalue weighted by Gasteiger charge is -2.36. The van der Waals surface area contributed by atoms with Crippen LogP contribution in [0.1, 0.15) is 11.6 Å². The summed E-state index contributed by atoms with van der Waals surface area (Å²) in [5.74, 6) is 0.449. The molecular formula is C19H19ClN6O. The Morgan fingerprint density at radius 1 is 1.15 bits per heavy atom. The minimum absolute atomic E-state index is 0.0424. The lowest BCUT2D eigenvalue weighted by molar-refractivity contribution is -0.135. The van der Waals surface area contributed by atoms with Crippen molar-refractivity contribution in [3.8, 4) is 11.4 Å². The van der Waals surface area contributed by atoms with Crippen LogP contribution in [-0.2, 0) is 11.3 Å². The molecule has 4 rings (SSSR count). The Bertz CT molecular complexity index is 929. The molecule has 8 heteroatoms. The number of nitrogens with one attached hydrogen (secondary N) is 1. The van der Waals surface area contributed by atoms with Crippen molar-refractivity contribution in [2.75, 3.05) is 19.6 Å². The molecule has 1 saturated heterocycles. The minimum Gasteiger partial charge on any atom is -0.331 e. The van der Waals surface area contributed by atoms with Crippen molar-refractivity contribution in [3.63, 3.8) is 0 Å². The van der Waals surface area contributed by atoms with Crippen molar-refractivity contribution in [3.05, 3.63) is 65.2 Å². The summed E-state index contributed by atoms with van der Waals surface area (Å²) >= 11 is 6.35. The first-order valence-electron chi connectivity index (χ1n) is 8.80. The molecule has 27 heavy (non-hydrogen) atoms. The summed E-state index contributed by atoms with van der Waals surface area (Å²) in [7, 11) is 0. The van der Waals surface area contributed by atoms with Gasteiger partial charge in [0.05, 0.1) is 6.04 Å². The van der Waals surface area contributed by atoms with E-state index in [0.717, 1.165) is 17.7 Å². The molecule has 0 saturated carbocycles. The van der Waals surface area contributed by atoms with Gasteiger partial charge in [0.1, 0.15) is 6.54 Å². The molecule has 2 aromatic carbocycles. The van der Waals surface area contributed by atoms with Crippen LogP contribution in [0.25, 0.3) is 11.4 Å². The van der Waals surface area contributed by atoms with E-state index >= 15 is 0 Å². The average molecular weight is 383 g/mol. The van der Waals surface area contributed by atoms with Crippen LogP contribution in [0.15, 0.2) is 54.6 Å². The average Bonchev–Trinajstić information content (AvgIpc) is 3.17. The van der Waals surface area contributed by atoms with Crippen molar-refractivity contribution in [2.45, 2.75) is 12.6 Å². The SMILES string of the molecule is O=C(Cn1nnc(-c2ccccc2)n1)N1CCNCC1c1ccccc1Cl. The molecule has 1 aliphatic heterocycles. The third-order valence-electron chi connectivity index (χ3n) is 4.59. The second-order valence-corrected chi connectivity index (χ2v) is 6.75. The van der Waals surface area contributed by atoms with Gasteiger partial charge in [-0.25, -0.2) is 0 Å². The fourth-order valence-electron chi connectivity index (χ4n) is 3.25. The van der Waals surface area contributed by atoms with Gasteiger partial charge in [0.25, 0.3) is 0 Å². The van der Waals surface area contributed by atoms with Gasteiger partial charge in [-0.1, -0.05) is 60.1 Å². The van der Waals surface area contributed by atoms with E-state index in [1.54, 1.807) is 0 Å². The van der Waals surface area contributed by atoms with Crippen molar-refractivity contribution < 1.29 is 4.79 Å². The lowest BCUT2D eigenvalue weighted by atomic mass is 10.0. The van der Waals surface area contributed by atoms with Crippen LogP contribution in [0.3, 0.4) is 0 Å². The summed E-state index contributed by atoms with van der Waals surface area (Å²) in [6.07, 6.45) is 0. The standard InChI is InChI=1S/C19H19ClN6O/c20-16-9-5-4-8-15(16)17-12-21-10-11-25(17)18(27)13-26-23-19(22-24-26)14-6-2-1-3-7-14/h1-9,17,21H,10-13H2. The number of tetrazole rings is 1. The summed E-state index contributed by atoms with van der Waals surface area (Å²) < 4.78 is 0. The molecule has 0 spiro atoms. The minimum atomic E-state index is -0.114. The van der Waals surface area contributed by atoms with Gasteiger partial charge in [-0.15, -0.1) is 10.2 Å². The van der Waals surface area contributed by atoms with E-state index in [-0.39, 0.29) is 18.5 Å². The Hall–Kier alpha value is -2.77. The molecule has 7 nitrogen and oxygen atoms in total. The predicted molar refractivity (Wildman–Crippen MR) is 102 cm³/mol. The first-order chi connectivity index (χ1) is 13.2. The lowest BCUT2D eigenvalue weighted by Crippen LogP contribution is -2.49. The molecule has 1 aliphatic rings. The maximum atomic E-state index is 12.9. The van der Waals surface area contributed by atoms with Crippen molar-refractivity contribution >= 4 is 17.5 Å². The largest absolute Gasteiger partial charge is 0.331 e. The summed E-state index contributed by atoms with van der Waals surface area (Å²) in [4.78, 5) is 16.1. The zero-order valence-corrected chi connectivity index (χ0v) is 15.4. The Kier molecular flexibility index (Phi) is 5.13. The number of nitrogens with zero attached hydrogens (tertiary/aromatic N) is 5. The van der Waals surface area contributed by atoms with Crippen LogP contribution in [0, 0.1) is 0 Å². The highest BCUT2D eigenvalue weighted by atomic mass is 35.5. The van der Waals surface area contributed by atoms with Gasteiger partial charge in [0.2, 0.25) is 11.7 Å². The molecule has 1 N–H and O–H groups in total. The van der Waals surface area contributed by atoms with E-state index < -0.39 is 0 Å². The van der Waals surface area contributed by atoms with Crippen LogP contribution in [0.4, 0.5) is 0 Å². The van der Waals surface area contributed by atoms with Crippen molar-refractivity contribution in [1.29, 1.82) is 0 Å². The number of piperazine rings is 1. The van der Waals surface area contributed by atoms with Crippen LogP contribution < -0.4 is 5.32 Å². The normalized spacial score (nSPS) is 17.1. The smallest absolute Gasteiger partial charge is 0.246 e. The Balaban J connectivity index is 1.51. The van der Waals surface area contributed by atoms with Gasteiger partial charge in [-0.3, -0.25) is 4.79 Å². The monoisotopic (exact) mass is 382 g/mol. The number of carbonyl (C=O) groups excluding carboxylic acids is 1. The second kappa shape index (κ2) is 7.85. The van der Waals surface area contributed by atoms with E-state index in [1.165, 1.54) is 4.80 Å². The molecule has 1 atom stereocenters. The van der Waals surface area contributed by atoms with E-state index in [0.29, 0.717) is 23.9 Å². The Morgan fingerprint density at radius 2 is 1.93 bits per heavy atom. The zero-order valence-electron chi connectivity index (χ0n) is 14.6. The highest BCUT2D eigenvalue weighted by molar-refractivity contribution is 6.31. The van der Waals surface area contributed by atoms with Crippen molar-refractivity contribution in [1.82, 2.24) is 30.4 Å². The number of halogens is 1. The topological polar surface area (TPSA) is 75.9 Å². The Labute approximate surface area is 161 Å². The summed E-state index contributed by atoms with van der Waals surface area (Å²) in [5.41, 5.74) is 1.81. The number of amides is 1. The molecule has 1 fully saturated rings. The molecule has 0 radical (unpaired) electrons. The number of rotatable bonds is 4. The molecular weight excluding hydrogens is 364 g/mol.